The van der Waals surface area contributed by atoms with E-state index in [0.29, 0.717) is 47.6 Å². The van der Waals surface area contributed by atoms with Gasteiger partial charge in [-0.3, -0.25) is 0 Å². The van der Waals surface area contributed by atoms with Gasteiger partial charge in [0.2, 0.25) is 20.0 Å². The van der Waals surface area contributed by atoms with Gasteiger partial charge in [-0.25, -0.2) is 16.8 Å². The van der Waals surface area contributed by atoms with Crippen LogP contribution in [0.4, 0.5) is 0 Å². The third kappa shape index (κ3) is 7.19. The van der Waals surface area contributed by atoms with Crippen LogP contribution in [0, 0.1) is 11.8 Å². The molecular formula is C21H42N2O4S2. The van der Waals surface area contributed by atoms with E-state index in [1.165, 1.54) is 0 Å². The summed E-state index contributed by atoms with van der Waals surface area (Å²) in [5.41, 5.74) is 0. The maximum atomic E-state index is 11.9. The molecule has 2 aliphatic heterocycles. The predicted octanol–water partition coefficient (Wildman–Crippen LogP) is 4.58. The van der Waals surface area contributed by atoms with Gasteiger partial charge in [0.05, 0.1) is 9.81 Å². The summed E-state index contributed by atoms with van der Waals surface area (Å²) >= 11 is 0. The Hall–Kier alpha value is -0.700. The van der Waals surface area contributed by atoms with Crippen LogP contribution in [0.1, 0.15) is 75.7 Å². The van der Waals surface area contributed by atoms with Gasteiger partial charge in [-0.1, -0.05) is 47.3 Å². The highest BCUT2D eigenvalue weighted by Gasteiger charge is 2.35. The van der Waals surface area contributed by atoms with Gasteiger partial charge in [-0.2, -0.15) is 8.61 Å². The van der Waals surface area contributed by atoms with E-state index in [1.54, 1.807) is 8.61 Å². The molecule has 1 saturated heterocycles. The van der Waals surface area contributed by atoms with Crippen LogP contribution in [-0.2, 0) is 20.0 Å². The zero-order chi connectivity index (χ0) is 21.9. The van der Waals surface area contributed by atoms with Crippen molar-refractivity contribution in [3.8, 4) is 0 Å². The molecule has 29 heavy (non-hydrogen) atoms. The van der Waals surface area contributed by atoms with E-state index in [-0.39, 0.29) is 19.5 Å². The van der Waals surface area contributed by atoms with Crippen molar-refractivity contribution in [1.29, 1.82) is 0 Å². The molecule has 0 aromatic rings. The largest absolute Gasteiger partial charge is 0.239 e. The SMILES string of the molecule is C.CC(C)/C=C1\CCN(C(C)C)S1(=O)=O.CC(C)CC1=CCN(C(C)C)S1(=O)=O. The number of hydrogen-bond donors (Lipinski definition) is 0. The molecular weight excluding hydrogens is 408 g/mol. The second-order valence-electron chi connectivity index (χ2n) is 8.77. The third-order valence-corrected chi connectivity index (χ3v) is 9.05. The van der Waals surface area contributed by atoms with Gasteiger partial charge in [0.15, 0.2) is 0 Å². The predicted molar refractivity (Wildman–Crippen MR) is 123 cm³/mol. The van der Waals surface area contributed by atoms with Gasteiger partial charge in [-0.05, 0) is 52.4 Å². The Morgan fingerprint density at radius 1 is 0.897 bits per heavy atom. The Balaban J connectivity index is 0.000000523. The normalized spacial score (nSPS) is 22.9. The number of hydrogen-bond acceptors (Lipinski definition) is 4. The highest BCUT2D eigenvalue weighted by atomic mass is 32.2. The van der Waals surface area contributed by atoms with Crippen LogP contribution in [0.2, 0.25) is 0 Å². The highest BCUT2D eigenvalue weighted by molar-refractivity contribution is 7.93. The smallest absolute Gasteiger partial charge is 0.207 e. The molecule has 172 valence electrons. The summed E-state index contributed by atoms with van der Waals surface area (Å²) < 4.78 is 50.8. The summed E-state index contributed by atoms with van der Waals surface area (Å²) in [5, 5.41) is 0. The summed E-state index contributed by atoms with van der Waals surface area (Å²) in [6.45, 7) is 16.9. The molecule has 6 nitrogen and oxygen atoms in total. The molecule has 8 heteroatoms. The molecule has 2 aliphatic rings. The maximum absolute atomic E-state index is 11.9. The minimum absolute atomic E-state index is 0. The fourth-order valence-corrected chi connectivity index (χ4v) is 7.26. The maximum Gasteiger partial charge on any atom is 0.239 e. The third-order valence-electron chi connectivity index (χ3n) is 4.64. The first-order valence-electron chi connectivity index (χ1n) is 10.1. The standard InChI is InChI=1S/2C10H19NO2S.CH4/c2*1-8(2)7-10-5-6-11(9(3)4)14(10,12)13;/h7-9H,5-6H2,1-4H3;5,8-9H,6-7H2,1-4H3;1H4/b10-7+;;. The Bertz CT molecular complexity index is 793. The van der Waals surface area contributed by atoms with E-state index < -0.39 is 20.0 Å². The topological polar surface area (TPSA) is 74.8 Å². The summed E-state index contributed by atoms with van der Waals surface area (Å²) in [6.07, 6.45) is 5.03. The number of sulfonamides is 2. The van der Waals surface area contributed by atoms with E-state index in [1.807, 2.05) is 67.5 Å². The number of allylic oxidation sites excluding steroid dienone is 2. The monoisotopic (exact) mass is 450 g/mol. The molecule has 0 amide bonds. The Kier molecular flexibility index (Phi) is 10.8. The van der Waals surface area contributed by atoms with Crippen LogP contribution < -0.4 is 0 Å². The minimum atomic E-state index is -3.13. The quantitative estimate of drug-likeness (QED) is 0.614. The Labute approximate surface area is 180 Å². The zero-order valence-electron chi connectivity index (χ0n) is 18.6. The van der Waals surface area contributed by atoms with Crippen LogP contribution in [0.3, 0.4) is 0 Å². The summed E-state index contributed by atoms with van der Waals surface area (Å²) in [7, 11) is -6.26. The van der Waals surface area contributed by atoms with E-state index in [4.69, 9.17) is 0 Å². The average molecular weight is 451 g/mol. The van der Waals surface area contributed by atoms with Crippen molar-refractivity contribution in [2.75, 3.05) is 13.1 Å². The van der Waals surface area contributed by atoms with E-state index in [2.05, 4.69) is 0 Å². The zero-order valence-corrected chi connectivity index (χ0v) is 20.3. The molecule has 0 N–H and O–H groups in total. The summed E-state index contributed by atoms with van der Waals surface area (Å²) in [5.74, 6) is 0.690. The lowest BCUT2D eigenvalue weighted by Gasteiger charge is -2.20. The second kappa shape index (κ2) is 11.1. The van der Waals surface area contributed by atoms with Crippen LogP contribution in [0.15, 0.2) is 22.0 Å². The molecule has 1 fully saturated rings. The molecule has 0 unspecified atom stereocenters. The van der Waals surface area contributed by atoms with Gasteiger partial charge in [-0.15, -0.1) is 0 Å². The van der Waals surface area contributed by atoms with Crippen molar-refractivity contribution in [3.63, 3.8) is 0 Å². The molecule has 0 atom stereocenters. The second-order valence-corrected chi connectivity index (χ2v) is 12.7. The van der Waals surface area contributed by atoms with Gasteiger partial charge >= 0.3 is 0 Å². The van der Waals surface area contributed by atoms with Gasteiger partial charge < -0.3 is 0 Å². The molecule has 0 aromatic heterocycles. The van der Waals surface area contributed by atoms with Crippen molar-refractivity contribution in [2.45, 2.75) is 87.7 Å². The van der Waals surface area contributed by atoms with Crippen LogP contribution in [0.25, 0.3) is 0 Å². The number of nitrogens with zero attached hydrogens (tertiary/aromatic N) is 2. The van der Waals surface area contributed by atoms with Gasteiger partial charge in [0.1, 0.15) is 0 Å². The van der Waals surface area contributed by atoms with Crippen LogP contribution in [-0.4, -0.2) is 50.6 Å². The first kappa shape index (κ1) is 28.3. The van der Waals surface area contributed by atoms with E-state index in [0.717, 1.165) is 0 Å². The van der Waals surface area contributed by atoms with Crippen LogP contribution >= 0.6 is 0 Å². The first-order valence-corrected chi connectivity index (χ1v) is 13.0. The Morgan fingerprint density at radius 3 is 1.76 bits per heavy atom. The Morgan fingerprint density at radius 2 is 1.41 bits per heavy atom. The van der Waals surface area contributed by atoms with Crippen molar-refractivity contribution < 1.29 is 16.8 Å². The molecule has 0 saturated carbocycles. The molecule has 2 rings (SSSR count). The number of rotatable bonds is 5. The van der Waals surface area contributed by atoms with Gasteiger partial charge in [0.25, 0.3) is 0 Å². The van der Waals surface area contributed by atoms with Crippen molar-refractivity contribution >= 4 is 20.0 Å². The van der Waals surface area contributed by atoms with Crippen LogP contribution in [0.5, 0.6) is 0 Å². The first-order chi connectivity index (χ1) is 12.7. The fraction of sp³-hybridized carbons (Fsp3) is 0.810. The van der Waals surface area contributed by atoms with Crippen molar-refractivity contribution in [1.82, 2.24) is 8.61 Å². The van der Waals surface area contributed by atoms with E-state index in [9.17, 15) is 16.8 Å². The minimum Gasteiger partial charge on any atom is -0.207 e. The van der Waals surface area contributed by atoms with Gasteiger partial charge in [0, 0.05) is 25.2 Å². The lowest BCUT2D eigenvalue weighted by Crippen LogP contribution is -2.33. The van der Waals surface area contributed by atoms with Crippen molar-refractivity contribution in [2.24, 2.45) is 11.8 Å². The average Bonchev–Trinajstić information content (AvgIpc) is 2.95. The lowest BCUT2D eigenvalue weighted by atomic mass is 10.1. The summed E-state index contributed by atoms with van der Waals surface area (Å²) in [6, 6.07) is 0.124. The highest BCUT2D eigenvalue weighted by Crippen LogP contribution is 2.29. The molecule has 0 spiro atoms. The molecule has 0 bridgehead atoms. The molecule has 2 heterocycles. The lowest BCUT2D eigenvalue weighted by molar-refractivity contribution is 0.381. The van der Waals surface area contributed by atoms with E-state index >= 15 is 0 Å². The molecule has 0 radical (unpaired) electrons. The molecule has 0 aliphatic carbocycles. The molecule has 0 aromatic carbocycles. The van der Waals surface area contributed by atoms with Crippen molar-refractivity contribution in [3.05, 3.63) is 22.0 Å². The summed E-state index contributed by atoms with van der Waals surface area (Å²) in [4.78, 5) is 1.20. The fourth-order valence-electron chi connectivity index (χ4n) is 3.32.